The molecule has 0 unspecified atom stereocenters. The maximum Gasteiger partial charge on any atom is 0.152 e. The maximum atomic E-state index is 6.21. The van der Waals surface area contributed by atoms with Crippen LogP contribution < -0.4 is 0 Å². The van der Waals surface area contributed by atoms with E-state index in [4.69, 9.17) is 16.0 Å². The highest BCUT2D eigenvalue weighted by Gasteiger charge is 2.13. The average molecular weight is 259 g/mol. The van der Waals surface area contributed by atoms with Gasteiger partial charge in [0.15, 0.2) is 5.76 Å². The minimum Gasteiger partial charge on any atom is -0.463 e. The topological polar surface area (TPSA) is 31.0 Å². The molecule has 0 spiro atoms. The Bertz CT molecular complexity index is 671. The summed E-state index contributed by atoms with van der Waals surface area (Å²) in [6.45, 7) is 1.94. The Morgan fingerprint density at radius 2 is 2.00 bits per heavy atom. The standard InChI is InChI=1S/C14H11ClN2O/c1-10-9-13(14-7-4-8-18-14)17(16-10)12-6-3-2-5-11(12)15/h2-9H,1H3. The molecule has 0 aliphatic carbocycles. The Labute approximate surface area is 110 Å². The van der Waals surface area contributed by atoms with Crippen LogP contribution in [0.3, 0.4) is 0 Å². The van der Waals surface area contributed by atoms with Crippen molar-refractivity contribution >= 4 is 11.6 Å². The van der Waals surface area contributed by atoms with E-state index in [1.807, 2.05) is 49.4 Å². The number of furan rings is 1. The second-order valence-corrected chi connectivity index (χ2v) is 4.42. The minimum absolute atomic E-state index is 0.661. The lowest BCUT2D eigenvalue weighted by atomic mass is 10.2. The lowest BCUT2D eigenvalue weighted by Crippen LogP contribution is -1.99. The van der Waals surface area contributed by atoms with Gasteiger partial charge in [0, 0.05) is 0 Å². The molecule has 0 saturated heterocycles. The maximum absolute atomic E-state index is 6.21. The predicted octanol–water partition coefficient (Wildman–Crippen LogP) is 4.09. The summed E-state index contributed by atoms with van der Waals surface area (Å²) in [5, 5.41) is 5.13. The van der Waals surface area contributed by atoms with Crippen LogP contribution in [-0.2, 0) is 0 Å². The van der Waals surface area contributed by atoms with E-state index in [2.05, 4.69) is 5.10 Å². The lowest BCUT2D eigenvalue weighted by molar-refractivity contribution is 0.577. The molecule has 0 N–H and O–H groups in total. The predicted molar refractivity (Wildman–Crippen MR) is 71.0 cm³/mol. The quantitative estimate of drug-likeness (QED) is 0.693. The summed E-state index contributed by atoms with van der Waals surface area (Å²) in [5.41, 5.74) is 2.66. The van der Waals surface area contributed by atoms with Crippen molar-refractivity contribution in [2.24, 2.45) is 0 Å². The molecular formula is C14H11ClN2O. The summed E-state index contributed by atoms with van der Waals surface area (Å²) in [5.74, 6) is 0.774. The fourth-order valence-corrected chi connectivity index (χ4v) is 2.12. The van der Waals surface area contributed by atoms with E-state index in [-0.39, 0.29) is 0 Å². The van der Waals surface area contributed by atoms with Crippen molar-refractivity contribution < 1.29 is 4.42 Å². The van der Waals surface area contributed by atoms with Crippen molar-refractivity contribution in [3.8, 4) is 17.1 Å². The zero-order valence-corrected chi connectivity index (χ0v) is 10.6. The van der Waals surface area contributed by atoms with E-state index in [1.165, 1.54) is 0 Å². The fraction of sp³-hybridized carbons (Fsp3) is 0.0714. The van der Waals surface area contributed by atoms with Gasteiger partial charge < -0.3 is 4.42 Å². The van der Waals surface area contributed by atoms with Crippen LogP contribution >= 0.6 is 11.6 Å². The Hall–Kier alpha value is -2.00. The highest BCUT2D eigenvalue weighted by molar-refractivity contribution is 6.32. The molecule has 0 aliphatic heterocycles. The SMILES string of the molecule is Cc1cc(-c2ccco2)n(-c2ccccc2Cl)n1. The van der Waals surface area contributed by atoms with Gasteiger partial charge in [-0.2, -0.15) is 5.10 Å². The van der Waals surface area contributed by atoms with Crippen LogP contribution in [0.15, 0.2) is 53.1 Å². The third-order valence-corrected chi connectivity index (χ3v) is 3.01. The van der Waals surface area contributed by atoms with Crippen molar-refractivity contribution in [2.45, 2.75) is 6.92 Å². The molecule has 0 saturated carbocycles. The van der Waals surface area contributed by atoms with Crippen molar-refractivity contribution in [3.05, 3.63) is 59.4 Å². The van der Waals surface area contributed by atoms with E-state index < -0.39 is 0 Å². The van der Waals surface area contributed by atoms with Crippen LogP contribution in [0, 0.1) is 6.92 Å². The first kappa shape index (κ1) is 11.1. The van der Waals surface area contributed by atoms with Gasteiger partial charge in [0.05, 0.1) is 22.7 Å². The summed E-state index contributed by atoms with van der Waals surface area (Å²) in [6, 6.07) is 13.3. The molecule has 2 aromatic heterocycles. The Morgan fingerprint density at radius 1 is 1.17 bits per heavy atom. The molecule has 0 amide bonds. The highest BCUT2D eigenvalue weighted by Crippen LogP contribution is 2.27. The van der Waals surface area contributed by atoms with Gasteiger partial charge in [-0.3, -0.25) is 0 Å². The number of nitrogens with zero attached hydrogens (tertiary/aromatic N) is 2. The molecule has 0 bridgehead atoms. The first-order valence-electron chi connectivity index (χ1n) is 5.61. The van der Waals surface area contributed by atoms with Crippen LogP contribution in [0.2, 0.25) is 5.02 Å². The molecule has 3 nitrogen and oxygen atoms in total. The van der Waals surface area contributed by atoms with Crippen molar-refractivity contribution in [1.82, 2.24) is 9.78 Å². The Kier molecular flexibility index (Phi) is 2.68. The summed E-state index contributed by atoms with van der Waals surface area (Å²) in [7, 11) is 0. The van der Waals surface area contributed by atoms with Gasteiger partial charge in [0.2, 0.25) is 0 Å². The number of aromatic nitrogens is 2. The molecule has 90 valence electrons. The zero-order chi connectivity index (χ0) is 12.5. The van der Waals surface area contributed by atoms with E-state index >= 15 is 0 Å². The van der Waals surface area contributed by atoms with Crippen LogP contribution in [0.25, 0.3) is 17.1 Å². The van der Waals surface area contributed by atoms with Gasteiger partial charge in [-0.15, -0.1) is 0 Å². The monoisotopic (exact) mass is 258 g/mol. The number of hydrogen-bond donors (Lipinski definition) is 0. The summed E-state index contributed by atoms with van der Waals surface area (Å²) < 4.78 is 7.23. The van der Waals surface area contributed by atoms with E-state index in [1.54, 1.807) is 10.9 Å². The number of benzene rings is 1. The smallest absolute Gasteiger partial charge is 0.152 e. The Morgan fingerprint density at radius 3 is 2.72 bits per heavy atom. The van der Waals surface area contributed by atoms with Crippen molar-refractivity contribution in [3.63, 3.8) is 0 Å². The third-order valence-electron chi connectivity index (χ3n) is 2.69. The number of aryl methyl sites for hydroxylation is 1. The molecule has 3 aromatic rings. The van der Waals surface area contributed by atoms with Crippen LogP contribution in [0.4, 0.5) is 0 Å². The second kappa shape index (κ2) is 4.35. The summed E-state index contributed by atoms with van der Waals surface area (Å²) in [4.78, 5) is 0. The van der Waals surface area contributed by atoms with Crippen LogP contribution in [-0.4, -0.2) is 9.78 Å². The van der Waals surface area contributed by atoms with Crippen molar-refractivity contribution in [2.75, 3.05) is 0 Å². The molecule has 1 aromatic carbocycles. The molecule has 4 heteroatoms. The normalized spacial score (nSPS) is 10.8. The van der Waals surface area contributed by atoms with E-state index in [9.17, 15) is 0 Å². The molecular weight excluding hydrogens is 248 g/mol. The molecule has 0 fully saturated rings. The third kappa shape index (κ3) is 1.83. The first-order chi connectivity index (χ1) is 8.75. The number of hydrogen-bond acceptors (Lipinski definition) is 2. The molecule has 18 heavy (non-hydrogen) atoms. The second-order valence-electron chi connectivity index (χ2n) is 4.01. The molecule has 0 atom stereocenters. The fourth-order valence-electron chi connectivity index (χ4n) is 1.91. The molecule has 0 radical (unpaired) electrons. The van der Waals surface area contributed by atoms with Crippen LogP contribution in [0.1, 0.15) is 5.69 Å². The first-order valence-corrected chi connectivity index (χ1v) is 5.99. The Balaban J connectivity index is 2.22. The van der Waals surface area contributed by atoms with E-state index in [0.717, 1.165) is 22.8 Å². The number of halogens is 1. The highest BCUT2D eigenvalue weighted by atomic mass is 35.5. The average Bonchev–Trinajstić information content (AvgIpc) is 2.98. The largest absolute Gasteiger partial charge is 0.463 e. The van der Waals surface area contributed by atoms with E-state index in [0.29, 0.717) is 5.02 Å². The molecule has 2 heterocycles. The van der Waals surface area contributed by atoms with Gasteiger partial charge in [-0.05, 0) is 37.3 Å². The summed E-state index contributed by atoms with van der Waals surface area (Å²) in [6.07, 6.45) is 1.65. The van der Waals surface area contributed by atoms with Gasteiger partial charge in [0.25, 0.3) is 0 Å². The minimum atomic E-state index is 0.661. The lowest BCUT2D eigenvalue weighted by Gasteiger charge is -2.07. The number of rotatable bonds is 2. The zero-order valence-electron chi connectivity index (χ0n) is 9.80. The van der Waals surface area contributed by atoms with Gasteiger partial charge in [0.1, 0.15) is 5.69 Å². The molecule has 0 aliphatic rings. The number of para-hydroxylation sites is 1. The van der Waals surface area contributed by atoms with Gasteiger partial charge in [-0.1, -0.05) is 23.7 Å². The summed E-state index contributed by atoms with van der Waals surface area (Å²) >= 11 is 6.21. The van der Waals surface area contributed by atoms with Crippen molar-refractivity contribution in [1.29, 1.82) is 0 Å². The molecule has 3 rings (SSSR count). The van der Waals surface area contributed by atoms with Crippen LogP contribution in [0.5, 0.6) is 0 Å². The van der Waals surface area contributed by atoms with Gasteiger partial charge >= 0.3 is 0 Å². The van der Waals surface area contributed by atoms with Gasteiger partial charge in [-0.25, -0.2) is 4.68 Å².